The first-order chi connectivity index (χ1) is 17.1. The molecule has 0 saturated carbocycles. The second-order valence-electron chi connectivity index (χ2n) is 8.25. The average molecular weight is 535 g/mol. The Kier molecular flexibility index (Phi) is 9.85. The molecule has 10 heteroatoms. The smallest absolute Gasteiger partial charge is 0.220 e. The first-order valence-corrected chi connectivity index (χ1v) is 13.5. The van der Waals surface area contributed by atoms with Gasteiger partial charge in [-0.3, -0.25) is 14.3 Å². The third kappa shape index (κ3) is 7.69. The first-order valence-electron chi connectivity index (χ1n) is 11.7. The lowest BCUT2D eigenvalue weighted by atomic mass is 10.1. The van der Waals surface area contributed by atoms with Crippen LogP contribution in [0.2, 0.25) is 10.0 Å². The zero-order valence-corrected chi connectivity index (χ0v) is 21.8. The molecule has 1 aliphatic rings. The van der Waals surface area contributed by atoms with Crippen molar-refractivity contribution in [3.05, 3.63) is 70.0 Å². The molecule has 3 aromatic rings. The standard InChI is InChI=1S/C25H29Cl2N5O2S/c26-21-9-8-20(18-22(21)27)32-23(17-19-5-2-1-3-6-19)29-30-25(32)35-16-4-7-24(33)28-10-11-31-12-14-34-15-13-31/h1-3,5-6,8-9,18H,4,7,10-17H2,(H,28,33). The molecule has 0 atom stereocenters. The van der Waals surface area contributed by atoms with Crippen LogP contribution in [0.1, 0.15) is 24.2 Å². The van der Waals surface area contributed by atoms with Gasteiger partial charge in [-0.05, 0) is 30.2 Å². The molecule has 0 bridgehead atoms. The molecular weight excluding hydrogens is 505 g/mol. The number of nitrogens with zero attached hydrogens (tertiary/aromatic N) is 4. The Labute approximate surface area is 220 Å². The highest BCUT2D eigenvalue weighted by Gasteiger charge is 2.16. The number of benzene rings is 2. The Bertz CT molecular complexity index is 1110. The topological polar surface area (TPSA) is 72.3 Å². The number of carbonyl (C=O) groups excluding carboxylic acids is 1. The van der Waals surface area contributed by atoms with E-state index in [1.54, 1.807) is 17.8 Å². The van der Waals surface area contributed by atoms with Gasteiger partial charge in [0.15, 0.2) is 5.16 Å². The molecule has 1 fully saturated rings. The highest BCUT2D eigenvalue weighted by molar-refractivity contribution is 7.99. The summed E-state index contributed by atoms with van der Waals surface area (Å²) in [6.07, 6.45) is 1.87. The van der Waals surface area contributed by atoms with Crippen molar-refractivity contribution in [3.8, 4) is 5.69 Å². The lowest BCUT2D eigenvalue weighted by molar-refractivity contribution is -0.121. The summed E-state index contributed by atoms with van der Waals surface area (Å²) in [4.78, 5) is 14.5. The molecule has 7 nitrogen and oxygen atoms in total. The molecule has 1 saturated heterocycles. The monoisotopic (exact) mass is 533 g/mol. The summed E-state index contributed by atoms with van der Waals surface area (Å²) >= 11 is 14.0. The van der Waals surface area contributed by atoms with Crippen LogP contribution in [-0.4, -0.2) is 70.7 Å². The van der Waals surface area contributed by atoms with Gasteiger partial charge in [-0.1, -0.05) is 65.3 Å². The minimum absolute atomic E-state index is 0.0783. The SMILES string of the molecule is O=C(CCCSc1nnc(Cc2ccccc2)n1-c1ccc(Cl)c(Cl)c1)NCCN1CCOCC1. The average Bonchev–Trinajstić information content (AvgIpc) is 3.27. The minimum Gasteiger partial charge on any atom is -0.379 e. The fraction of sp³-hybridized carbons (Fsp3) is 0.400. The number of aromatic nitrogens is 3. The third-order valence-corrected chi connectivity index (χ3v) is 7.45. The molecule has 2 heterocycles. The van der Waals surface area contributed by atoms with Gasteiger partial charge in [-0.25, -0.2) is 0 Å². The van der Waals surface area contributed by atoms with Crippen molar-refractivity contribution in [2.45, 2.75) is 24.4 Å². The van der Waals surface area contributed by atoms with E-state index >= 15 is 0 Å². The maximum absolute atomic E-state index is 12.2. The van der Waals surface area contributed by atoms with Crippen molar-refractivity contribution in [3.63, 3.8) is 0 Å². The zero-order valence-electron chi connectivity index (χ0n) is 19.5. The zero-order chi connectivity index (χ0) is 24.5. The highest BCUT2D eigenvalue weighted by Crippen LogP contribution is 2.29. The summed E-state index contributed by atoms with van der Waals surface area (Å²) in [7, 11) is 0. The fourth-order valence-corrected chi connectivity index (χ4v) is 5.03. The molecule has 0 aliphatic carbocycles. The van der Waals surface area contributed by atoms with E-state index in [-0.39, 0.29) is 5.91 Å². The summed E-state index contributed by atoms with van der Waals surface area (Å²) in [6.45, 7) is 4.92. The van der Waals surface area contributed by atoms with Gasteiger partial charge in [0, 0.05) is 44.8 Å². The van der Waals surface area contributed by atoms with Crippen LogP contribution in [0.5, 0.6) is 0 Å². The molecule has 1 amide bonds. The van der Waals surface area contributed by atoms with E-state index < -0.39 is 0 Å². The molecule has 1 N–H and O–H groups in total. The summed E-state index contributed by atoms with van der Waals surface area (Å²) in [6, 6.07) is 15.7. The molecular formula is C25H29Cl2N5O2S. The van der Waals surface area contributed by atoms with Gasteiger partial charge in [0.05, 0.1) is 28.9 Å². The number of carbonyl (C=O) groups is 1. The van der Waals surface area contributed by atoms with Crippen molar-refractivity contribution in [1.29, 1.82) is 0 Å². The molecule has 0 unspecified atom stereocenters. The summed E-state index contributed by atoms with van der Waals surface area (Å²) in [5.74, 6) is 1.65. The summed E-state index contributed by atoms with van der Waals surface area (Å²) < 4.78 is 7.37. The van der Waals surface area contributed by atoms with Crippen LogP contribution in [0.25, 0.3) is 5.69 Å². The van der Waals surface area contributed by atoms with Gasteiger partial charge in [-0.2, -0.15) is 0 Å². The van der Waals surface area contributed by atoms with Crippen molar-refractivity contribution in [1.82, 2.24) is 25.0 Å². The van der Waals surface area contributed by atoms with Crippen LogP contribution in [0.15, 0.2) is 53.7 Å². The Morgan fingerprint density at radius 2 is 1.86 bits per heavy atom. The second-order valence-corrected chi connectivity index (χ2v) is 10.1. The first kappa shape index (κ1) is 26.0. The van der Waals surface area contributed by atoms with Crippen molar-refractivity contribution in [2.75, 3.05) is 45.1 Å². The number of thioether (sulfide) groups is 1. The predicted molar refractivity (Wildman–Crippen MR) is 141 cm³/mol. The van der Waals surface area contributed by atoms with Crippen LogP contribution in [0, 0.1) is 0 Å². The largest absolute Gasteiger partial charge is 0.379 e. The van der Waals surface area contributed by atoms with Crippen LogP contribution in [0.4, 0.5) is 0 Å². The quantitative estimate of drug-likeness (QED) is 0.289. The predicted octanol–water partition coefficient (Wildman–Crippen LogP) is 4.49. The van der Waals surface area contributed by atoms with Crippen molar-refractivity contribution < 1.29 is 9.53 Å². The van der Waals surface area contributed by atoms with Crippen molar-refractivity contribution in [2.24, 2.45) is 0 Å². The van der Waals surface area contributed by atoms with E-state index in [4.69, 9.17) is 27.9 Å². The van der Waals surface area contributed by atoms with Gasteiger partial charge in [0.2, 0.25) is 5.91 Å². The van der Waals surface area contributed by atoms with E-state index in [1.807, 2.05) is 34.9 Å². The van der Waals surface area contributed by atoms with Crippen LogP contribution < -0.4 is 5.32 Å². The number of rotatable bonds is 11. The Hall–Kier alpha value is -2.10. The number of nitrogens with one attached hydrogen (secondary N) is 1. The molecule has 35 heavy (non-hydrogen) atoms. The van der Waals surface area contributed by atoms with Gasteiger partial charge < -0.3 is 10.1 Å². The number of ether oxygens (including phenoxy) is 1. The maximum atomic E-state index is 12.2. The molecule has 186 valence electrons. The second kappa shape index (κ2) is 13.3. The number of halogens is 2. The van der Waals surface area contributed by atoms with Gasteiger partial charge in [-0.15, -0.1) is 10.2 Å². The van der Waals surface area contributed by atoms with Gasteiger partial charge in [0.1, 0.15) is 5.82 Å². The summed E-state index contributed by atoms with van der Waals surface area (Å²) in [5.41, 5.74) is 2.00. The normalized spacial score (nSPS) is 14.2. The molecule has 2 aromatic carbocycles. The number of hydrogen-bond donors (Lipinski definition) is 1. The highest BCUT2D eigenvalue weighted by atomic mass is 35.5. The van der Waals surface area contributed by atoms with E-state index in [0.717, 1.165) is 67.3 Å². The minimum atomic E-state index is 0.0783. The number of morpholine rings is 1. The molecule has 1 aromatic heterocycles. The van der Waals surface area contributed by atoms with E-state index in [0.29, 0.717) is 29.4 Å². The van der Waals surface area contributed by atoms with Crippen LogP contribution in [0.3, 0.4) is 0 Å². The fourth-order valence-electron chi connectivity index (χ4n) is 3.83. The van der Waals surface area contributed by atoms with Crippen LogP contribution in [-0.2, 0) is 16.0 Å². The van der Waals surface area contributed by atoms with Gasteiger partial charge >= 0.3 is 0 Å². The molecule has 1 aliphatic heterocycles. The Balaban J connectivity index is 1.33. The van der Waals surface area contributed by atoms with E-state index in [2.05, 4.69) is 32.5 Å². The lowest BCUT2D eigenvalue weighted by Crippen LogP contribution is -2.41. The molecule has 4 rings (SSSR count). The number of hydrogen-bond acceptors (Lipinski definition) is 6. The maximum Gasteiger partial charge on any atom is 0.220 e. The van der Waals surface area contributed by atoms with E-state index in [1.165, 1.54) is 0 Å². The number of amides is 1. The van der Waals surface area contributed by atoms with Gasteiger partial charge in [0.25, 0.3) is 0 Å². The van der Waals surface area contributed by atoms with E-state index in [9.17, 15) is 4.79 Å². The van der Waals surface area contributed by atoms with Crippen molar-refractivity contribution >= 4 is 40.9 Å². The molecule has 0 radical (unpaired) electrons. The Morgan fingerprint density at radius 3 is 2.63 bits per heavy atom. The molecule has 0 spiro atoms. The van der Waals surface area contributed by atoms with Crippen LogP contribution >= 0.6 is 35.0 Å². The third-order valence-electron chi connectivity index (χ3n) is 5.70. The Morgan fingerprint density at radius 1 is 1.06 bits per heavy atom. The lowest BCUT2D eigenvalue weighted by Gasteiger charge is -2.26. The summed E-state index contributed by atoms with van der Waals surface area (Å²) in [5, 5.41) is 13.7.